The summed E-state index contributed by atoms with van der Waals surface area (Å²) in [4.78, 5) is 3.86. The standard InChI is InChI=1S/C13H12F5NO4S/c1-2-11(7-8-5-3-4-6-9(8)19-11)23-10(12(14,15)16)13(17,18)24(20,21)22/h3-7,10H,2H2,1H3,(H,20,21,22). The van der Waals surface area contributed by atoms with Crippen molar-refractivity contribution in [3.8, 4) is 0 Å². The van der Waals surface area contributed by atoms with Crippen molar-refractivity contribution in [3.05, 3.63) is 34.8 Å². The molecule has 1 aliphatic rings. The SMILES string of the molecule is CCC1(OC(C(F)(F)F)C(F)(F)S(=O)(=O)O)C=c2ccccc2=N1. The van der Waals surface area contributed by atoms with Gasteiger partial charge in [0.1, 0.15) is 0 Å². The molecule has 2 atom stereocenters. The average molecular weight is 373 g/mol. The van der Waals surface area contributed by atoms with Crippen LogP contribution in [0.5, 0.6) is 0 Å². The molecule has 2 unspecified atom stereocenters. The molecule has 0 saturated carbocycles. The Labute approximate surface area is 133 Å². The van der Waals surface area contributed by atoms with Gasteiger partial charge in [-0.15, -0.1) is 0 Å². The van der Waals surface area contributed by atoms with E-state index in [1.54, 1.807) is 6.07 Å². The number of nitrogens with zero attached hydrogens (tertiary/aromatic N) is 1. The fourth-order valence-corrected chi connectivity index (χ4v) is 2.63. The van der Waals surface area contributed by atoms with Gasteiger partial charge >= 0.3 is 21.5 Å². The topological polar surface area (TPSA) is 76.0 Å². The lowest BCUT2D eigenvalue weighted by molar-refractivity contribution is -0.284. The minimum atomic E-state index is -6.36. The van der Waals surface area contributed by atoms with Crippen molar-refractivity contribution < 1.29 is 39.7 Å². The molecule has 24 heavy (non-hydrogen) atoms. The van der Waals surface area contributed by atoms with Crippen molar-refractivity contribution in [3.63, 3.8) is 0 Å². The molecule has 5 nitrogen and oxygen atoms in total. The molecule has 1 N–H and O–H groups in total. The molecule has 0 fully saturated rings. The zero-order chi connectivity index (χ0) is 18.4. The van der Waals surface area contributed by atoms with E-state index in [4.69, 9.17) is 4.55 Å². The fourth-order valence-electron chi connectivity index (χ4n) is 2.18. The molecule has 0 radical (unpaired) electrons. The molecule has 1 aromatic rings. The van der Waals surface area contributed by atoms with Gasteiger partial charge in [0.2, 0.25) is 6.10 Å². The first kappa shape index (κ1) is 18.7. The van der Waals surface area contributed by atoms with Gasteiger partial charge in [-0.05, 0) is 18.6 Å². The van der Waals surface area contributed by atoms with Crippen LogP contribution in [-0.2, 0) is 14.9 Å². The summed E-state index contributed by atoms with van der Waals surface area (Å²) in [6.45, 7) is 1.34. The summed E-state index contributed by atoms with van der Waals surface area (Å²) in [5.74, 6) is 0. The first-order valence-electron chi connectivity index (χ1n) is 6.59. The predicted molar refractivity (Wildman–Crippen MR) is 72.1 cm³/mol. The Hall–Kier alpha value is -1.59. The first-order chi connectivity index (χ1) is 10.8. The van der Waals surface area contributed by atoms with Crippen LogP contribution < -0.4 is 10.6 Å². The quantitative estimate of drug-likeness (QED) is 0.629. The third-order valence-corrected chi connectivity index (χ3v) is 4.30. The van der Waals surface area contributed by atoms with Crippen LogP contribution in [0.25, 0.3) is 6.08 Å². The summed E-state index contributed by atoms with van der Waals surface area (Å²) in [5, 5.41) is -5.02. The lowest BCUT2D eigenvalue weighted by Crippen LogP contribution is -2.54. The number of hydrogen-bond acceptors (Lipinski definition) is 4. The van der Waals surface area contributed by atoms with Gasteiger partial charge < -0.3 is 4.74 Å². The highest BCUT2D eigenvalue weighted by atomic mass is 32.2. The number of alkyl halides is 5. The van der Waals surface area contributed by atoms with Crippen molar-refractivity contribution in [1.82, 2.24) is 0 Å². The molecule has 0 aromatic heterocycles. The number of hydrogen-bond donors (Lipinski definition) is 1. The van der Waals surface area contributed by atoms with Crippen molar-refractivity contribution in [2.75, 3.05) is 0 Å². The Morgan fingerprint density at radius 1 is 1.25 bits per heavy atom. The monoisotopic (exact) mass is 373 g/mol. The van der Waals surface area contributed by atoms with E-state index >= 15 is 0 Å². The Morgan fingerprint density at radius 2 is 1.83 bits per heavy atom. The molecule has 0 bridgehead atoms. The summed E-state index contributed by atoms with van der Waals surface area (Å²) < 4.78 is 101. The van der Waals surface area contributed by atoms with Crippen molar-refractivity contribution in [2.45, 2.75) is 36.6 Å². The molecule has 11 heteroatoms. The van der Waals surface area contributed by atoms with Gasteiger partial charge in [-0.3, -0.25) is 4.55 Å². The molecule has 1 aliphatic heterocycles. The summed E-state index contributed by atoms with van der Waals surface area (Å²) >= 11 is 0. The maximum atomic E-state index is 13.6. The second-order valence-electron chi connectivity index (χ2n) is 5.09. The van der Waals surface area contributed by atoms with Crippen molar-refractivity contribution in [2.24, 2.45) is 4.99 Å². The van der Waals surface area contributed by atoms with Gasteiger partial charge in [-0.2, -0.15) is 30.4 Å². The van der Waals surface area contributed by atoms with Crippen molar-refractivity contribution in [1.29, 1.82) is 0 Å². The van der Waals surface area contributed by atoms with E-state index in [2.05, 4.69) is 9.73 Å². The third kappa shape index (κ3) is 3.28. The van der Waals surface area contributed by atoms with E-state index in [1.165, 1.54) is 25.1 Å². The van der Waals surface area contributed by atoms with E-state index in [9.17, 15) is 30.4 Å². The summed E-state index contributed by atoms with van der Waals surface area (Å²) in [5.41, 5.74) is -2.13. The third-order valence-electron chi connectivity index (χ3n) is 3.40. The minimum absolute atomic E-state index is 0.218. The van der Waals surface area contributed by atoms with Crippen LogP contribution in [0.15, 0.2) is 29.3 Å². The molecule has 1 heterocycles. The Kier molecular flexibility index (Phi) is 4.48. The van der Waals surface area contributed by atoms with Crippen LogP contribution in [0.4, 0.5) is 22.0 Å². The number of halogens is 5. The molecule has 0 aliphatic carbocycles. The lowest BCUT2D eigenvalue weighted by atomic mass is 10.1. The Morgan fingerprint density at radius 3 is 2.29 bits per heavy atom. The zero-order valence-corrected chi connectivity index (χ0v) is 12.9. The lowest BCUT2D eigenvalue weighted by Gasteiger charge is -2.33. The van der Waals surface area contributed by atoms with Gasteiger partial charge in [-0.25, -0.2) is 4.99 Å². The second-order valence-corrected chi connectivity index (χ2v) is 6.58. The first-order valence-corrected chi connectivity index (χ1v) is 8.03. The molecular formula is C13H12F5NO4S. The number of para-hydroxylation sites is 1. The van der Waals surface area contributed by atoms with Gasteiger partial charge in [0.05, 0.1) is 5.36 Å². The van der Waals surface area contributed by atoms with E-state index < -0.39 is 33.4 Å². The molecule has 0 spiro atoms. The number of rotatable bonds is 5. The highest BCUT2D eigenvalue weighted by molar-refractivity contribution is 7.86. The summed E-state index contributed by atoms with van der Waals surface area (Å²) in [6.07, 6.45) is -9.02. The Balaban J connectivity index is 2.53. The second kappa shape index (κ2) is 5.74. The molecule has 0 saturated heterocycles. The van der Waals surface area contributed by atoms with E-state index in [0.717, 1.165) is 6.08 Å². The average Bonchev–Trinajstić information content (AvgIpc) is 2.81. The highest BCUT2D eigenvalue weighted by Crippen LogP contribution is 2.41. The van der Waals surface area contributed by atoms with Gasteiger partial charge in [0, 0.05) is 5.22 Å². The largest absolute Gasteiger partial charge is 0.421 e. The Bertz CT molecular complexity index is 815. The van der Waals surface area contributed by atoms with E-state index in [0.29, 0.717) is 5.22 Å². The molecule has 0 amide bonds. The van der Waals surface area contributed by atoms with Gasteiger partial charge in [-0.1, -0.05) is 25.1 Å². The van der Waals surface area contributed by atoms with Crippen molar-refractivity contribution >= 4 is 16.2 Å². The predicted octanol–water partition coefficient (Wildman–Crippen LogP) is 1.63. The van der Waals surface area contributed by atoms with Crippen LogP contribution >= 0.6 is 0 Å². The van der Waals surface area contributed by atoms with E-state index in [-0.39, 0.29) is 11.8 Å². The van der Waals surface area contributed by atoms with Crippen LogP contribution in [0, 0.1) is 0 Å². The maximum absolute atomic E-state index is 13.6. The number of fused-ring (bicyclic) bond motifs is 1. The molecule has 134 valence electrons. The molecule has 1 aromatic carbocycles. The summed E-state index contributed by atoms with van der Waals surface area (Å²) in [7, 11) is -6.36. The molecular weight excluding hydrogens is 361 g/mol. The van der Waals surface area contributed by atoms with Gasteiger partial charge in [0.25, 0.3) is 0 Å². The van der Waals surface area contributed by atoms with Gasteiger partial charge in [0.15, 0.2) is 5.72 Å². The summed E-state index contributed by atoms with van der Waals surface area (Å²) in [6, 6.07) is 6.03. The van der Waals surface area contributed by atoms with Crippen LogP contribution in [0.2, 0.25) is 0 Å². The normalized spacial score (nSPS) is 22.5. The van der Waals surface area contributed by atoms with Crippen LogP contribution in [0.3, 0.4) is 0 Å². The number of benzene rings is 1. The molecule has 2 rings (SSSR count). The van der Waals surface area contributed by atoms with E-state index in [1.807, 2.05) is 0 Å². The fraction of sp³-hybridized carbons (Fsp3) is 0.462. The smallest absolute Gasteiger partial charge is 0.330 e. The van der Waals surface area contributed by atoms with Crippen LogP contribution in [-0.4, -0.2) is 36.2 Å². The highest BCUT2D eigenvalue weighted by Gasteiger charge is 2.66. The minimum Gasteiger partial charge on any atom is -0.330 e. The zero-order valence-electron chi connectivity index (χ0n) is 12.1. The van der Waals surface area contributed by atoms with Crippen LogP contribution in [0.1, 0.15) is 13.3 Å². The number of ether oxygens (including phenoxy) is 1. The maximum Gasteiger partial charge on any atom is 0.421 e.